The molecule has 0 unspecified atom stereocenters. The molecule has 0 bridgehead atoms. The molecule has 7 nitrogen and oxygen atoms in total. The van der Waals surface area contributed by atoms with Crippen molar-refractivity contribution in [1.82, 2.24) is 19.7 Å². The van der Waals surface area contributed by atoms with Gasteiger partial charge in [-0.2, -0.15) is 0 Å². The summed E-state index contributed by atoms with van der Waals surface area (Å²) in [6.07, 6.45) is 3.98. The molecule has 4 rings (SSSR count). The molecule has 1 amide bonds. The molecular weight excluding hydrogens is 410 g/mol. The van der Waals surface area contributed by atoms with Crippen molar-refractivity contribution >= 4 is 23.6 Å². The van der Waals surface area contributed by atoms with Crippen molar-refractivity contribution < 1.29 is 9.21 Å². The topological polar surface area (TPSA) is 67.4 Å². The number of anilines is 1. The lowest BCUT2D eigenvalue weighted by Crippen LogP contribution is -2.35. The van der Waals surface area contributed by atoms with E-state index in [2.05, 4.69) is 26.6 Å². The van der Waals surface area contributed by atoms with Crippen molar-refractivity contribution in [2.24, 2.45) is 5.92 Å². The number of carbonyl (C=O) groups is 1. The molecule has 1 aliphatic heterocycles. The molecule has 0 radical (unpaired) electrons. The average Bonchev–Trinajstić information content (AvgIpc) is 3.44. The van der Waals surface area contributed by atoms with Crippen LogP contribution in [0.25, 0.3) is 0 Å². The van der Waals surface area contributed by atoms with Gasteiger partial charge in [0.1, 0.15) is 5.76 Å². The normalized spacial score (nSPS) is 14.7. The summed E-state index contributed by atoms with van der Waals surface area (Å²) in [6, 6.07) is 13.9. The minimum atomic E-state index is 0.0646. The number of carbonyl (C=O) groups excluding carboxylic acids is 1. The second-order valence-electron chi connectivity index (χ2n) is 8.14. The van der Waals surface area contributed by atoms with Gasteiger partial charge in [0.2, 0.25) is 11.9 Å². The molecule has 0 spiro atoms. The molecule has 3 heterocycles. The van der Waals surface area contributed by atoms with Gasteiger partial charge in [0, 0.05) is 26.7 Å². The summed E-state index contributed by atoms with van der Waals surface area (Å²) in [6.45, 7) is 5.39. The number of benzene rings is 1. The Labute approximate surface area is 187 Å². The molecule has 0 N–H and O–H groups in total. The number of hydrogen-bond donors (Lipinski definition) is 0. The van der Waals surface area contributed by atoms with Crippen LogP contribution >= 0.6 is 11.8 Å². The number of aromatic nitrogens is 3. The Balaban J connectivity index is 1.45. The van der Waals surface area contributed by atoms with Gasteiger partial charge in [-0.3, -0.25) is 9.36 Å². The molecule has 1 saturated heterocycles. The smallest absolute Gasteiger partial charge is 0.233 e. The molecule has 31 heavy (non-hydrogen) atoms. The minimum Gasteiger partial charge on any atom is -0.467 e. The Morgan fingerprint density at radius 2 is 1.94 bits per heavy atom. The van der Waals surface area contributed by atoms with Crippen LogP contribution in [0.1, 0.15) is 31.1 Å². The summed E-state index contributed by atoms with van der Waals surface area (Å²) in [5, 5.41) is 9.66. The minimum absolute atomic E-state index is 0.0646. The lowest BCUT2D eigenvalue weighted by Gasteiger charge is -2.31. The van der Waals surface area contributed by atoms with Gasteiger partial charge in [0.15, 0.2) is 5.16 Å². The van der Waals surface area contributed by atoms with Gasteiger partial charge in [-0.25, -0.2) is 0 Å². The van der Waals surface area contributed by atoms with E-state index in [0.717, 1.165) is 54.3 Å². The Hall–Kier alpha value is -2.74. The number of rotatable bonds is 8. The fourth-order valence-corrected chi connectivity index (χ4v) is 4.58. The first-order chi connectivity index (χ1) is 15.1. The summed E-state index contributed by atoms with van der Waals surface area (Å²) in [5.74, 6) is 2.83. The molecule has 3 aromatic rings. The highest BCUT2D eigenvalue weighted by Crippen LogP contribution is 2.27. The van der Waals surface area contributed by atoms with Crippen molar-refractivity contribution in [2.45, 2.75) is 38.0 Å². The number of thioether (sulfide) groups is 1. The van der Waals surface area contributed by atoms with E-state index in [0.29, 0.717) is 18.8 Å². The molecule has 0 atom stereocenters. The van der Waals surface area contributed by atoms with Crippen molar-refractivity contribution in [3.8, 4) is 0 Å². The zero-order chi connectivity index (χ0) is 21.6. The lowest BCUT2D eigenvalue weighted by atomic mass is 10.00. The third-order valence-electron chi connectivity index (χ3n) is 5.67. The van der Waals surface area contributed by atoms with Crippen molar-refractivity contribution in [3.05, 3.63) is 60.1 Å². The molecule has 1 aliphatic rings. The van der Waals surface area contributed by atoms with E-state index in [4.69, 9.17) is 4.42 Å². The number of nitrogens with zero attached hydrogens (tertiary/aromatic N) is 5. The van der Waals surface area contributed by atoms with Crippen LogP contribution in [0.4, 0.5) is 5.95 Å². The monoisotopic (exact) mass is 439 g/mol. The van der Waals surface area contributed by atoms with E-state index in [1.165, 1.54) is 11.8 Å². The summed E-state index contributed by atoms with van der Waals surface area (Å²) < 4.78 is 7.65. The maximum Gasteiger partial charge on any atom is 0.233 e. The van der Waals surface area contributed by atoms with Gasteiger partial charge in [-0.05, 0) is 36.5 Å². The molecule has 8 heteroatoms. The molecule has 1 fully saturated rings. The van der Waals surface area contributed by atoms with Crippen molar-refractivity contribution in [3.63, 3.8) is 0 Å². The third-order valence-corrected chi connectivity index (χ3v) is 6.62. The molecule has 0 aliphatic carbocycles. The van der Waals surface area contributed by atoms with Crippen molar-refractivity contribution in [2.75, 3.05) is 30.8 Å². The van der Waals surface area contributed by atoms with Crippen LogP contribution in [0, 0.1) is 5.92 Å². The zero-order valence-corrected chi connectivity index (χ0v) is 18.9. The Kier molecular flexibility index (Phi) is 6.96. The predicted molar refractivity (Wildman–Crippen MR) is 122 cm³/mol. The van der Waals surface area contributed by atoms with Crippen LogP contribution in [-0.4, -0.2) is 51.5 Å². The molecule has 1 aromatic carbocycles. The van der Waals surface area contributed by atoms with Crippen LogP contribution in [0.2, 0.25) is 0 Å². The lowest BCUT2D eigenvalue weighted by molar-refractivity contribution is -0.127. The van der Waals surface area contributed by atoms with E-state index in [9.17, 15) is 4.79 Å². The van der Waals surface area contributed by atoms with Crippen LogP contribution in [0.15, 0.2) is 58.3 Å². The SMILES string of the molecule is CC1CCN(c2nnc(SCC(=O)N(C)Cc3ccccc3)n2Cc2ccco2)CC1. The van der Waals surface area contributed by atoms with Gasteiger partial charge in [0.05, 0.1) is 18.6 Å². The number of amides is 1. The second-order valence-corrected chi connectivity index (χ2v) is 9.08. The first-order valence-electron chi connectivity index (χ1n) is 10.7. The van der Waals surface area contributed by atoms with Crippen LogP contribution in [0.3, 0.4) is 0 Å². The highest BCUT2D eigenvalue weighted by atomic mass is 32.2. The van der Waals surface area contributed by atoms with Gasteiger partial charge in [-0.15, -0.1) is 10.2 Å². The maximum absolute atomic E-state index is 12.7. The first kappa shape index (κ1) is 21.5. The van der Waals surface area contributed by atoms with E-state index >= 15 is 0 Å². The van der Waals surface area contributed by atoms with E-state index < -0.39 is 0 Å². The van der Waals surface area contributed by atoms with E-state index in [1.54, 1.807) is 11.2 Å². The Morgan fingerprint density at radius 1 is 1.16 bits per heavy atom. The van der Waals surface area contributed by atoms with Gasteiger partial charge in [0.25, 0.3) is 0 Å². The van der Waals surface area contributed by atoms with Crippen LogP contribution in [0.5, 0.6) is 0 Å². The average molecular weight is 440 g/mol. The number of hydrogen-bond acceptors (Lipinski definition) is 6. The van der Waals surface area contributed by atoms with E-state index in [-0.39, 0.29) is 5.91 Å². The molecular formula is C23H29N5O2S. The molecule has 0 saturated carbocycles. The molecule has 164 valence electrons. The summed E-state index contributed by atoms with van der Waals surface area (Å²) in [4.78, 5) is 16.8. The largest absolute Gasteiger partial charge is 0.467 e. The van der Waals surface area contributed by atoms with Crippen molar-refractivity contribution in [1.29, 1.82) is 0 Å². The molecule has 2 aromatic heterocycles. The summed E-state index contributed by atoms with van der Waals surface area (Å²) in [7, 11) is 1.84. The zero-order valence-electron chi connectivity index (χ0n) is 18.1. The number of furan rings is 1. The van der Waals surface area contributed by atoms with Gasteiger partial charge < -0.3 is 14.2 Å². The quantitative estimate of drug-likeness (QED) is 0.496. The highest BCUT2D eigenvalue weighted by molar-refractivity contribution is 7.99. The van der Waals surface area contributed by atoms with Crippen LogP contribution < -0.4 is 4.90 Å². The Morgan fingerprint density at radius 3 is 2.65 bits per heavy atom. The van der Waals surface area contributed by atoms with Gasteiger partial charge in [-0.1, -0.05) is 49.0 Å². The first-order valence-corrected chi connectivity index (χ1v) is 11.7. The standard InChI is InChI=1S/C23H29N5O2S/c1-18-10-12-27(13-11-18)22-24-25-23(28(22)16-20-9-6-14-30-20)31-17-21(29)26(2)15-19-7-4-3-5-8-19/h3-9,14,18H,10-13,15-17H2,1-2H3. The fourth-order valence-electron chi connectivity index (χ4n) is 3.71. The summed E-state index contributed by atoms with van der Waals surface area (Å²) in [5.41, 5.74) is 1.12. The Bertz CT molecular complexity index is 965. The van der Waals surface area contributed by atoms with E-state index in [1.807, 2.05) is 49.5 Å². The summed E-state index contributed by atoms with van der Waals surface area (Å²) >= 11 is 1.43. The second kappa shape index (κ2) is 10.0. The fraction of sp³-hybridized carbons (Fsp3) is 0.435. The van der Waals surface area contributed by atoms with Gasteiger partial charge >= 0.3 is 0 Å². The van der Waals surface area contributed by atoms with Crippen LogP contribution in [-0.2, 0) is 17.9 Å². The number of piperidine rings is 1. The maximum atomic E-state index is 12.7. The highest BCUT2D eigenvalue weighted by Gasteiger charge is 2.24. The third kappa shape index (κ3) is 5.50. The predicted octanol–water partition coefficient (Wildman–Crippen LogP) is 3.91.